The first-order valence-corrected chi connectivity index (χ1v) is 10.5. The van der Waals surface area contributed by atoms with Crippen LogP contribution >= 0.6 is 15.9 Å². The molecule has 1 aromatic carbocycles. The number of aliphatic carboxylic acids is 1. The van der Waals surface area contributed by atoms with Crippen molar-refractivity contribution in [2.24, 2.45) is 0 Å². The van der Waals surface area contributed by atoms with Crippen molar-refractivity contribution in [1.82, 2.24) is 10.6 Å². The van der Waals surface area contributed by atoms with Crippen LogP contribution in [0.3, 0.4) is 0 Å². The van der Waals surface area contributed by atoms with Crippen LogP contribution in [0.4, 0.5) is 0 Å². The molecule has 0 unspecified atom stereocenters. The number of carbonyl (C=O) groups is 2. The SMILES string of the molecule is CCC(CC)O[C@@H]1C=C(C(=O)O)C[C@H](NCc2ccccc2Br)[C@H]1NC(C)=O. The highest BCUT2D eigenvalue weighted by molar-refractivity contribution is 9.10. The molecule has 0 bridgehead atoms. The Labute approximate surface area is 174 Å². The molecule has 0 aliphatic heterocycles. The molecule has 6 nitrogen and oxygen atoms in total. The summed E-state index contributed by atoms with van der Waals surface area (Å²) in [7, 11) is 0. The molecule has 1 aromatic rings. The smallest absolute Gasteiger partial charge is 0.331 e. The predicted octanol–water partition coefficient (Wildman–Crippen LogP) is 3.40. The molecule has 0 spiro atoms. The third kappa shape index (κ3) is 6.15. The van der Waals surface area contributed by atoms with Crippen LogP contribution in [0.15, 0.2) is 40.4 Å². The first-order chi connectivity index (χ1) is 13.3. The third-order valence-corrected chi connectivity index (χ3v) is 5.78. The molecular formula is C21H29BrN2O4. The van der Waals surface area contributed by atoms with Crippen LogP contribution in [0.2, 0.25) is 0 Å². The zero-order valence-electron chi connectivity index (χ0n) is 16.6. The Morgan fingerprint density at radius 3 is 2.54 bits per heavy atom. The highest BCUT2D eigenvalue weighted by Gasteiger charge is 2.37. The normalized spacial score (nSPS) is 22.0. The Balaban J connectivity index is 2.26. The summed E-state index contributed by atoms with van der Waals surface area (Å²) in [6.07, 6.45) is 3.13. The Bertz CT molecular complexity index is 718. The predicted molar refractivity (Wildman–Crippen MR) is 112 cm³/mol. The molecule has 0 radical (unpaired) electrons. The van der Waals surface area contributed by atoms with E-state index >= 15 is 0 Å². The number of carbonyl (C=O) groups excluding carboxylic acids is 1. The quantitative estimate of drug-likeness (QED) is 0.534. The molecule has 1 amide bonds. The van der Waals surface area contributed by atoms with E-state index in [2.05, 4.69) is 26.6 Å². The Hall–Kier alpha value is -1.70. The Morgan fingerprint density at radius 2 is 1.96 bits per heavy atom. The number of benzene rings is 1. The molecular weight excluding hydrogens is 424 g/mol. The van der Waals surface area contributed by atoms with E-state index in [0.29, 0.717) is 18.5 Å². The van der Waals surface area contributed by atoms with Crippen LogP contribution in [0.1, 0.15) is 45.6 Å². The van der Waals surface area contributed by atoms with Gasteiger partial charge in [0.25, 0.3) is 0 Å². The highest BCUT2D eigenvalue weighted by Crippen LogP contribution is 2.25. The minimum absolute atomic E-state index is 0.00886. The third-order valence-electron chi connectivity index (χ3n) is 5.01. The lowest BCUT2D eigenvalue weighted by Gasteiger charge is -2.38. The van der Waals surface area contributed by atoms with E-state index in [0.717, 1.165) is 22.9 Å². The average Bonchev–Trinajstić information content (AvgIpc) is 2.66. The number of ether oxygens (including phenoxy) is 1. The lowest BCUT2D eigenvalue weighted by molar-refractivity contribution is -0.133. The molecule has 154 valence electrons. The maximum atomic E-state index is 11.8. The van der Waals surface area contributed by atoms with Gasteiger partial charge < -0.3 is 20.5 Å². The monoisotopic (exact) mass is 452 g/mol. The van der Waals surface area contributed by atoms with Gasteiger partial charge >= 0.3 is 5.97 Å². The van der Waals surface area contributed by atoms with Gasteiger partial charge in [-0.1, -0.05) is 48.0 Å². The Kier molecular flexibility index (Phi) is 8.66. The van der Waals surface area contributed by atoms with E-state index in [4.69, 9.17) is 4.74 Å². The molecule has 3 atom stereocenters. The van der Waals surface area contributed by atoms with Gasteiger partial charge in [-0.25, -0.2) is 4.79 Å². The fraction of sp³-hybridized carbons (Fsp3) is 0.524. The Morgan fingerprint density at radius 1 is 1.29 bits per heavy atom. The molecule has 0 saturated heterocycles. The zero-order chi connectivity index (χ0) is 20.7. The van der Waals surface area contributed by atoms with Crippen molar-refractivity contribution < 1.29 is 19.4 Å². The fourth-order valence-electron chi connectivity index (χ4n) is 3.45. The summed E-state index contributed by atoms with van der Waals surface area (Å²) in [5.74, 6) is -1.12. The van der Waals surface area contributed by atoms with Gasteiger partial charge in [0.05, 0.1) is 18.2 Å². The van der Waals surface area contributed by atoms with Crippen molar-refractivity contribution in [1.29, 1.82) is 0 Å². The number of carboxylic acids is 1. The number of halogens is 1. The summed E-state index contributed by atoms with van der Waals surface area (Å²) in [5, 5.41) is 16.0. The van der Waals surface area contributed by atoms with Gasteiger partial charge in [-0.15, -0.1) is 0 Å². The second kappa shape index (κ2) is 10.7. The number of hydrogen-bond donors (Lipinski definition) is 3. The molecule has 3 N–H and O–H groups in total. The number of hydrogen-bond acceptors (Lipinski definition) is 4. The summed E-state index contributed by atoms with van der Waals surface area (Å²) in [4.78, 5) is 23.5. The second-order valence-corrected chi connectivity index (χ2v) is 7.90. The number of carboxylic acid groups (broad SMARTS) is 1. The van der Waals surface area contributed by atoms with Gasteiger partial charge in [-0.05, 0) is 37.0 Å². The van der Waals surface area contributed by atoms with Gasteiger partial charge in [-0.2, -0.15) is 0 Å². The average molecular weight is 453 g/mol. The van der Waals surface area contributed by atoms with Crippen molar-refractivity contribution in [2.75, 3.05) is 0 Å². The van der Waals surface area contributed by atoms with E-state index in [1.54, 1.807) is 6.08 Å². The number of nitrogens with one attached hydrogen (secondary N) is 2. The number of rotatable bonds is 9. The largest absolute Gasteiger partial charge is 0.478 e. The zero-order valence-corrected chi connectivity index (χ0v) is 18.2. The van der Waals surface area contributed by atoms with Crippen molar-refractivity contribution in [3.05, 3.63) is 46.0 Å². The van der Waals surface area contributed by atoms with E-state index < -0.39 is 12.1 Å². The van der Waals surface area contributed by atoms with Crippen LogP contribution in [0.5, 0.6) is 0 Å². The minimum atomic E-state index is -0.952. The first-order valence-electron chi connectivity index (χ1n) is 9.69. The van der Waals surface area contributed by atoms with Gasteiger partial charge in [0.1, 0.15) is 0 Å². The van der Waals surface area contributed by atoms with Crippen LogP contribution in [-0.2, 0) is 20.9 Å². The van der Waals surface area contributed by atoms with Crippen LogP contribution in [0.25, 0.3) is 0 Å². The molecule has 0 fully saturated rings. The van der Waals surface area contributed by atoms with Crippen molar-refractivity contribution in [3.8, 4) is 0 Å². The molecule has 28 heavy (non-hydrogen) atoms. The van der Waals surface area contributed by atoms with Gasteiger partial charge in [0, 0.05) is 29.6 Å². The van der Waals surface area contributed by atoms with Crippen molar-refractivity contribution >= 4 is 27.8 Å². The van der Waals surface area contributed by atoms with Gasteiger partial charge in [-0.3, -0.25) is 4.79 Å². The van der Waals surface area contributed by atoms with Crippen molar-refractivity contribution in [2.45, 2.75) is 70.9 Å². The molecule has 0 aromatic heterocycles. The van der Waals surface area contributed by atoms with Gasteiger partial charge in [0.2, 0.25) is 5.91 Å². The highest BCUT2D eigenvalue weighted by atomic mass is 79.9. The lowest BCUT2D eigenvalue weighted by Crippen LogP contribution is -2.58. The molecule has 2 rings (SSSR count). The first kappa shape index (κ1) is 22.6. The van der Waals surface area contributed by atoms with E-state index in [1.165, 1.54) is 6.92 Å². The standard InChI is InChI=1S/C21H29BrN2O4/c1-4-16(5-2)28-19-11-15(21(26)27)10-18(20(19)24-13(3)25)23-12-14-8-6-7-9-17(14)22/h6-9,11,16,18-20,23H,4-5,10,12H2,1-3H3,(H,24,25)(H,26,27)/t18-,19+,20+/m0/s1. The maximum absolute atomic E-state index is 11.8. The topological polar surface area (TPSA) is 87.7 Å². The van der Waals surface area contributed by atoms with Gasteiger partial charge in [0.15, 0.2) is 0 Å². The maximum Gasteiger partial charge on any atom is 0.331 e. The minimum Gasteiger partial charge on any atom is -0.478 e. The summed E-state index contributed by atoms with van der Waals surface area (Å²) >= 11 is 3.54. The van der Waals surface area contributed by atoms with Crippen LogP contribution in [0, 0.1) is 0 Å². The second-order valence-electron chi connectivity index (χ2n) is 7.05. The van der Waals surface area contributed by atoms with Crippen LogP contribution in [-0.4, -0.2) is 41.3 Å². The van der Waals surface area contributed by atoms with Crippen molar-refractivity contribution in [3.63, 3.8) is 0 Å². The lowest BCUT2D eigenvalue weighted by atomic mass is 9.87. The summed E-state index contributed by atoms with van der Waals surface area (Å²) in [6.45, 7) is 6.09. The molecule has 0 heterocycles. The van der Waals surface area contributed by atoms with Crippen LogP contribution < -0.4 is 10.6 Å². The molecule has 1 aliphatic rings. The number of amides is 1. The van der Waals surface area contributed by atoms with E-state index in [9.17, 15) is 14.7 Å². The van der Waals surface area contributed by atoms with E-state index in [-0.39, 0.29) is 24.1 Å². The summed E-state index contributed by atoms with van der Waals surface area (Å²) in [5.41, 5.74) is 1.37. The van der Waals surface area contributed by atoms with E-state index in [1.807, 2.05) is 38.1 Å². The summed E-state index contributed by atoms with van der Waals surface area (Å²) < 4.78 is 7.17. The molecule has 0 saturated carbocycles. The fourth-order valence-corrected chi connectivity index (χ4v) is 3.87. The molecule has 7 heteroatoms. The summed E-state index contributed by atoms with van der Waals surface area (Å²) in [6, 6.07) is 7.26. The molecule has 1 aliphatic carbocycles.